The van der Waals surface area contributed by atoms with E-state index in [4.69, 9.17) is 4.74 Å². The Morgan fingerprint density at radius 1 is 1.20 bits per heavy atom. The number of ether oxygens (including phenoxy) is 1. The monoisotopic (exact) mass is 369 g/mol. The molecule has 0 aliphatic carbocycles. The lowest BCUT2D eigenvalue weighted by atomic mass is 10.1. The number of amides is 1. The molecule has 1 heterocycles. The second-order valence-corrected chi connectivity index (χ2v) is 8.36. The first-order chi connectivity index (χ1) is 11.8. The number of nitrogens with zero attached hydrogens (tertiary/aromatic N) is 3. The molecule has 8 heteroatoms. The van der Waals surface area contributed by atoms with Crippen LogP contribution in [0, 0.1) is 0 Å². The number of hydrogen-bond donors (Lipinski definition) is 0. The molecule has 0 spiro atoms. The van der Waals surface area contributed by atoms with E-state index in [1.54, 1.807) is 18.1 Å². The van der Waals surface area contributed by atoms with Gasteiger partial charge in [-0.25, -0.2) is 0 Å². The van der Waals surface area contributed by atoms with Crippen molar-refractivity contribution in [3.8, 4) is 5.75 Å². The first-order valence-corrected chi connectivity index (χ1v) is 9.84. The van der Waals surface area contributed by atoms with Crippen LogP contribution in [0.2, 0.25) is 0 Å². The number of carbonyl (C=O) groups excluding carboxylic acids is 1. The van der Waals surface area contributed by atoms with E-state index >= 15 is 0 Å². The molecule has 0 N–H and O–H groups in total. The van der Waals surface area contributed by atoms with Crippen molar-refractivity contribution in [3.63, 3.8) is 0 Å². The van der Waals surface area contributed by atoms with Crippen molar-refractivity contribution >= 4 is 16.1 Å². The Morgan fingerprint density at radius 2 is 1.92 bits per heavy atom. The molecule has 7 nitrogen and oxygen atoms in total. The average molecular weight is 369 g/mol. The third-order valence-electron chi connectivity index (χ3n) is 4.44. The van der Waals surface area contributed by atoms with Gasteiger partial charge >= 0.3 is 0 Å². The Kier molecular flexibility index (Phi) is 6.42. The summed E-state index contributed by atoms with van der Waals surface area (Å²) in [6.45, 7) is 3.68. The number of aryl methyl sites for hydroxylation is 1. The molecule has 1 aliphatic rings. The van der Waals surface area contributed by atoms with E-state index in [0.29, 0.717) is 38.2 Å². The molecule has 0 bridgehead atoms. The zero-order chi connectivity index (χ0) is 18.6. The van der Waals surface area contributed by atoms with E-state index in [0.717, 1.165) is 17.7 Å². The quantitative estimate of drug-likeness (QED) is 0.782. The van der Waals surface area contributed by atoms with Gasteiger partial charge in [0.05, 0.1) is 7.11 Å². The Labute approximate surface area is 150 Å². The fourth-order valence-corrected chi connectivity index (χ4v) is 4.06. The lowest BCUT2D eigenvalue weighted by Gasteiger charge is -2.24. The minimum Gasteiger partial charge on any atom is -0.496 e. The first kappa shape index (κ1) is 19.7. The highest BCUT2D eigenvalue weighted by atomic mass is 32.2. The topological polar surface area (TPSA) is 70.2 Å². The molecule has 140 valence electrons. The van der Waals surface area contributed by atoms with Crippen LogP contribution < -0.4 is 4.74 Å². The van der Waals surface area contributed by atoms with Gasteiger partial charge in [-0.1, -0.05) is 6.92 Å². The third-order valence-corrected chi connectivity index (χ3v) is 6.38. The van der Waals surface area contributed by atoms with Gasteiger partial charge < -0.3 is 9.64 Å². The average Bonchev–Trinajstić information content (AvgIpc) is 2.86. The molecule has 1 aliphatic heterocycles. The molecular formula is C17H27N3O4S. The van der Waals surface area contributed by atoms with Gasteiger partial charge in [-0.2, -0.15) is 17.0 Å². The summed E-state index contributed by atoms with van der Waals surface area (Å²) in [7, 11) is 1.21. The summed E-state index contributed by atoms with van der Waals surface area (Å²) in [6.07, 6.45) is 1.40. The first-order valence-electron chi connectivity index (χ1n) is 8.45. The van der Waals surface area contributed by atoms with Gasteiger partial charge in [-0.05, 0) is 36.6 Å². The Bertz CT molecular complexity index is 719. The normalized spacial score (nSPS) is 16.8. The number of rotatable bonds is 5. The standard InChI is InChI=1S/C17H27N3O4S/c1-5-14-13-15(7-8-16(14)24-4)17(21)19-9-6-10-20(12-11-19)25(22,23)18(2)3/h7-8,13H,5-6,9-12H2,1-4H3. The van der Waals surface area contributed by atoms with Gasteiger partial charge in [0.1, 0.15) is 5.75 Å². The van der Waals surface area contributed by atoms with Crippen molar-refractivity contribution in [3.05, 3.63) is 29.3 Å². The van der Waals surface area contributed by atoms with Crippen LogP contribution in [0.5, 0.6) is 5.75 Å². The number of carbonyl (C=O) groups is 1. The molecule has 1 aromatic carbocycles. The zero-order valence-electron chi connectivity index (χ0n) is 15.4. The predicted molar refractivity (Wildman–Crippen MR) is 97.1 cm³/mol. The molecule has 2 rings (SSSR count). The van der Waals surface area contributed by atoms with Crippen LogP contribution >= 0.6 is 0 Å². The molecule has 1 fully saturated rings. The minimum absolute atomic E-state index is 0.0681. The fourth-order valence-electron chi connectivity index (χ4n) is 2.93. The molecule has 0 radical (unpaired) electrons. The van der Waals surface area contributed by atoms with Gasteiger partial charge in [-0.3, -0.25) is 4.79 Å². The highest BCUT2D eigenvalue weighted by molar-refractivity contribution is 7.86. The molecule has 25 heavy (non-hydrogen) atoms. The van der Waals surface area contributed by atoms with Crippen molar-refractivity contribution in [2.24, 2.45) is 0 Å². The van der Waals surface area contributed by atoms with Crippen molar-refractivity contribution < 1.29 is 17.9 Å². The van der Waals surface area contributed by atoms with E-state index in [9.17, 15) is 13.2 Å². The van der Waals surface area contributed by atoms with E-state index in [1.165, 1.54) is 22.7 Å². The van der Waals surface area contributed by atoms with E-state index < -0.39 is 10.2 Å². The molecule has 1 saturated heterocycles. The number of methoxy groups -OCH3 is 1. The maximum atomic E-state index is 12.8. The summed E-state index contributed by atoms with van der Waals surface area (Å²) in [6, 6.07) is 5.44. The Morgan fingerprint density at radius 3 is 2.52 bits per heavy atom. The molecule has 1 aromatic rings. The van der Waals surface area contributed by atoms with Crippen LogP contribution in [0.3, 0.4) is 0 Å². The summed E-state index contributed by atoms with van der Waals surface area (Å²) in [4.78, 5) is 14.5. The zero-order valence-corrected chi connectivity index (χ0v) is 16.2. The van der Waals surface area contributed by atoms with E-state index in [-0.39, 0.29) is 5.91 Å². The van der Waals surface area contributed by atoms with Crippen molar-refractivity contribution in [1.29, 1.82) is 0 Å². The SMILES string of the molecule is CCc1cc(C(=O)N2CCCN(S(=O)(=O)N(C)C)CC2)ccc1OC. The fraction of sp³-hybridized carbons (Fsp3) is 0.588. The van der Waals surface area contributed by atoms with E-state index in [1.807, 2.05) is 19.1 Å². The Balaban J connectivity index is 2.14. The van der Waals surface area contributed by atoms with Gasteiger partial charge in [0.15, 0.2) is 0 Å². The molecule has 0 aromatic heterocycles. The summed E-state index contributed by atoms with van der Waals surface area (Å²) in [5.41, 5.74) is 1.60. The third kappa shape index (κ3) is 4.31. The number of hydrogen-bond acceptors (Lipinski definition) is 4. The second kappa shape index (κ2) is 8.16. The lowest BCUT2D eigenvalue weighted by Crippen LogP contribution is -2.42. The second-order valence-electron chi connectivity index (χ2n) is 6.22. The van der Waals surface area contributed by atoms with Crippen LogP contribution in [0.15, 0.2) is 18.2 Å². The maximum Gasteiger partial charge on any atom is 0.281 e. The summed E-state index contributed by atoms with van der Waals surface area (Å²) in [5, 5.41) is 0. The van der Waals surface area contributed by atoms with Crippen LogP contribution in [0.4, 0.5) is 0 Å². The summed E-state index contributed by atoms with van der Waals surface area (Å²) in [5.74, 6) is 0.708. The molecular weight excluding hydrogens is 342 g/mol. The summed E-state index contributed by atoms with van der Waals surface area (Å²) < 4.78 is 32.5. The molecule has 0 unspecified atom stereocenters. The highest BCUT2D eigenvalue weighted by Crippen LogP contribution is 2.22. The predicted octanol–water partition coefficient (Wildman–Crippen LogP) is 1.21. The van der Waals surface area contributed by atoms with Crippen molar-refractivity contribution in [1.82, 2.24) is 13.5 Å². The summed E-state index contributed by atoms with van der Waals surface area (Å²) >= 11 is 0. The van der Waals surface area contributed by atoms with Crippen LogP contribution in [-0.2, 0) is 16.6 Å². The Hall–Kier alpha value is -1.64. The smallest absolute Gasteiger partial charge is 0.281 e. The van der Waals surface area contributed by atoms with Crippen molar-refractivity contribution in [2.75, 3.05) is 47.4 Å². The van der Waals surface area contributed by atoms with Crippen LogP contribution in [0.25, 0.3) is 0 Å². The maximum absolute atomic E-state index is 12.8. The van der Waals surface area contributed by atoms with Gasteiger partial charge in [0.25, 0.3) is 16.1 Å². The highest BCUT2D eigenvalue weighted by Gasteiger charge is 2.28. The molecule has 0 saturated carbocycles. The minimum atomic E-state index is -3.44. The van der Waals surface area contributed by atoms with Gasteiger partial charge in [0.2, 0.25) is 0 Å². The largest absolute Gasteiger partial charge is 0.496 e. The lowest BCUT2D eigenvalue weighted by molar-refractivity contribution is 0.0764. The molecule has 0 atom stereocenters. The number of benzene rings is 1. The van der Waals surface area contributed by atoms with E-state index in [2.05, 4.69) is 0 Å². The van der Waals surface area contributed by atoms with Gasteiger partial charge in [0, 0.05) is 45.8 Å². The van der Waals surface area contributed by atoms with Crippen molar-refractivity contribution in [2.45, 2.75) is 19.8 Å². The van der Waals surface area contributed by atoms with Crippen LogP contribution in [0.1, 0.15) is 29.3 Å². The van der Waals surface area contributed by atoms with Crippen LogP contribution in [-0.4, -0.2) is 75.2 Å². The molecule has 1 amide bonds. The van der Waals surface area contributed by atoms with Gasteiger partial charge in [-0.15, -0.1) is 0 Å².